The van der Waals surface area contributed by atoms with Crippen LogP contribution in [0.3, 0.4) is 0 Å². The minimum atomic E-state index is -2.58. The van der Waals surface area contributed by atoms with Gasteiger partial charge in [-0.15, -0.1) is 0 Å². The van der Waals surface area contributed by atoms with Gasteiger partial charge in [0.15, 0.2) is 0 Å². The lowest BCUT2D eigenvalue weighted by Crippen LogP contribution is -2.45. The molecule has 1 saturated carbocycles. The zero-order chi connectivity index (χ0) is 14.8. The van der Waals surface area contributed by atoms with Gasteiger partial charge in [-0.1, -0.05) is 17.7 Å². The fraction of sp³-hybridized carbons (Fsp3) is 0.571. The lowest BCUT2D eigenvalue weighted by Gasteiger charge is -2.33. The molecule has 1 aliphatic carbocycles. The van der Waals surface area contributed by atoms with E-state index in [2.05, 4.69) is 5.43 Å². The van der Waals surface area contributed by atoms with Crippen molar-refractivity contribution >= 4 is 11.6 Å². The Morgan fingerprint density at radius 2 is 2.00 bits per heavy atom. The van der Waals surface area contributed by atoms with Gasteiger partial charge in [-0.05, 0) is 37.3 Å². The molecule has 0 heterocycles. The number of hydrogen-bond acceptors (Lipinski definition) is 2. The van der Waals surface area contributed by atoms with Crippen molar-refractivity contribution in [1.82, 2.24) is 5.43 Å². The summed E-state index contributed by atoms with van der Waals surface area (Å²) in [6, 6.07) is 4.24. The fourth-order valence-corrected chi connectivity index (χ4v) is 3.01. The number of rotatable bonds is 4. The molecule has 1 atom stereocenters. The first-order chi connectivity index (χ1) is 9.43. The van der Waals surface area contributed by atoms with E-state index in [1.807, 2.05) is 0 Å². The van der Waals surface area contributed by atoms with Crippen LogP contribution in [0.1, 0.15) is 31.2 Å². The van der Waals surface area contributed by atoms with Gasteiger partial charge in [-0.3, -0.25) is 11.3 Å². The van der Waals surface area contributed by atoms with E-state index in [0.717, 1.165) is 0 Å². The number of hydrazine groups is 1. The van der Waals surface area contributed by atoms with Crippen LogP contribution in [0.15, 0.2) is 18.2 Å². The Morgan fingerprint density at radius 1 is 1.35 bits per heavy atom. The summed E-state index contributed by atoms with van der Waals surface area (Å²) in [5, 5.41) is 0.339. The van der Waals surface area contributed by atoms with Gasteiger partial charge >= 0.3 is 0 Å². The van der Waals surface area contributed by atoms with E-state index in [4.69, 9.17) is 17.4 Å². The van der Waals surface area contributed by atoms with Crippen molar-refractivity contribution in [1.29, 1.82) is 0 Å². The molecule has 0 aromatic heterocycles. The first kappa shape index (κ1) is 15.6. The maximum absolute atomic E-state index is 13.8. The first-order valence-electron chi connectivity index (χ1n) is 6.70. The average molecular weight is 307 g/mol. The smallest absolute Gasteiger partial charge is 0.248 e. The van der Waals surface area contributed by atoms with Gasteiger partial charge in [0.1, 0.15) is 5.82 Å². The van der Waals surface area contributed by atoms with Crippen molar-refractivity contribution in [2.75, 3.05) is 0 Å². The van der Waals surface area contributed by atoms with Crippen molar-refractivity contribution in [2.24, 2.45) is 11.8 Å². The highest BCUT2D eigenvalue weighted by atomic mass is 35.5. The molecule has 1 unspecified atom stereocenters. The summed E-state index contributed by atoms with van der Waals surface area (Å²) in [4.78, 5) is 0. The predicted octanol–water partition coefficient (Wildman–Crippen LogP) is 3.68. The minimum absolute atomic E-state index is 0.00953. The molecule has 0 bridgehead atoms. The van der Waals surface area contributed by atoms with Crippen molar-refractivity contribution < 1.29 is 13.2 Å². The molecular weight excluding hydrogens is 289 g/mol. The van der Waals surface area contributed by atoms with Gasteiger partial charge in [-0.25, -0.2) is 13.2 Å². The molecule has 1 aromatic carbocycles. The minimum Gasteiger partial charge on any atom is -0.271 e. The molecule has 0 spiro atoms. The van der Waals surface area contributed by atoms with Crippen LogP contribution in [0.4, 0.5) is 13.2 Å². The Hall–Kier alpha value is -0.780. The standard InChI is InChI=1S/C14H18ClF3N2/c15-11-2-1-3-12(16)10(11)8-13(20-19)9-4-6-14(17,18)7-5-9/h1-3,9,13,20H,4-8,19H2. The van der Waals surface area contributed by atoms with E-state index >= 15 is 0 Å². The number of alkyl halides is 2. The molecule has 1 aromatic rings. The zero-order valence-corrected chi connectivity index (χ0v) is 11.8. The van der Waals surface area contributed by atoms with Crippen molar-refractivity contribution in [3.05, 3.63) is 34.6 Å². The third kappa shape index (κ3) is 3.65. The summed E-state index contributed by atoms with van der Waals surface area (Å²) < 4.78 is 40.1. The normalized spacial score (nSPS) is 20.9. The van der Waals surface area contributed by atoms with Crippen LogP contribution < -0.4 is 11.3 Å². The van der Waals surface area contributed by atoms with E-state index < -0.39 is 5.92 Å². The van der Waals surface area contributed by atoms with Crippen LogP contribution in [0.5, 0.6) is 0 Å². The molecule has 2 nitrogen and oxygen atoms in total. The van der Waals surface area contributed by atoms with Crippen LogP contribution in [0.2, 0.25) is 5.02 Å². The maximum atomic E-state index is 13.8. The molecule has 0 amide bonds. The number of hydrogen-bond donors (Lipinski definition) is 2. The molecule has 1 fully saturated rings. The fourth-order valence-electron chi connectivity index (χ4n) is 2.77. The molecular formula is C14H18ClF3N2. The Bertz CT molecular complexity index is 437. The summed E-state index contributed by atoms with van der Waals surface area (Å²) in [6.07, 6.45) is 0.793. The van der Waals surface area contributed by atoms with Crippen molar-refractivity contribution in [3.8, 4) is 0 Å². The number of nitrogens with one attached hydrogen (secondary N) is 1. The molecule has 6 heteroatoms. The number of benzene rings is 1. The SMILES string of the molecule is NNC(Cc1c(F)cccc1Cl)C1CCC(F)(F)CC1. The quantitative estimate of drug-likeness (QED) is 0.658. The zero-order valence-electron chi connectivity index (χ0n) is 11.0. The van der Waals surface area contributed by atoms with Crippen LogP contribution in [0.25, 0.3) is 0 Å². The summed E-state index contributed by atoms with van der Waals surface area (Å²) in [7, 11) is 0. The van der Waals surface area contributed by atoms with Gasteiger partial charge in [-0.2, -0.15) is 0 Å². The average Bonchev–Trinajstić information content (AvgIpc) is 2.39. The first-order valence-corrected chi connectivity index (χ1v) is 7.07. The third-order valence-electron chi connectivity index (χ3n) is 4.03. The third-order valence-corrected chi connectivity index (χ3v) is 4.38. The number of halogens is 4. The highest BCUT2D eigenvalue weighted by Crippen LogP contribution is 2.38. The maximum Gasteiger partial charge on any atom is 0.248 e. The second-order valence-corrected chi connectivity index (χ2v) is 5.78. The molecule has 2 rings (SSSR count). The highest BCUT2D eigenvalue weighted by molar-refractivity contribution is 6.31. The second-order valence-electron chi connectivity index (χ2n) is 5.37. The summed E-state index contributed by atoms with van der Waals surface area (Å²) in [5.74, 6) is 2.56. The number of nitrogens with two attached hydrogens (primary N) is 1. The largest absolute Gasteiger partial charge is 0.271 e. The molecule has 20 heavy (non-hydrogen) atoms. The van der Waals surface area contributed by atoms with Crippen LogP contribution in [0, 0.1) is 11.7 Å². The Morgan fingerprint density at radius 3 is 2.55 bits per heavy atom. The Labute approximate surface area is 121 Å². The van der Waals surface area contributed by atoms with Crippen LogP contribution in [-0.4, -0.2) is 12.0 Å². The van der Waals surface area contributed by atoms with Crippen LogP contribution >= 0.6 is 11.6 Å². The highest BCUT2D eigenvalue weighted by Gasteiger charge is 2.37. The van der Waals surface area contributed by atoms with Gasteiger partial charge in [0.2, 0.25) is 5.92 Å². The van der Waals surface area contributed by atoms with E-state index in [9.17, 15) is 13.2 Å². The molecule has 3 N–H and O–H groups in total. The van der Waals surface area contributed by atoms with E-state index in [1.165, 1.54) is 12.1 Å². The van der Waals surface area contributed by atoms with Gasteiger partial charge in [0.05, 0.1) is 0 Å². The Balaban J connectivity index is 2.06. The molecule has 1 aliphatic rings. The van der Waals surface area contributed by atoms with E-state index in [1.54, 1.807) is 6.07 Å². The van der Waals surface area contributed by atoms with Gasteiger partial charge in [0, 0.05) is 29.5 Å². The summed E-state index contributed by atoms with van der Waals surface area (Å²) in [5.41, 5.74) is 3.02. The lowest BCUT2D eigenvalue weighted by molar-refractivity contribution is -0.0495. The van der Waals surface area contributed by atoms with Gasteiger partial charge < -0.3 is 0 Å². The van der Waals surface area contributed by atoms with Crippen molar-refractivity contribution in [2.45, 2.75) is 44.1 Å². The van der Waals surface area contributed by atoms with Crippen LogP contribution in [-0.2, 0) is 6.42 Å². The topological polar surface area (TPSA) is 38.0 Å². The van der Waals surface area contributed by atoms with E-state index in [-0.39, 0.29) is 30.6 Å². The molecule has 0 aliphatic heterocycles. The van der Waals surface area contributed by atoms with E-state index in [0.29, 0.717) is 29.8 Å². The molecule has 0 saturated heterocycles. The Kier molecular flexibility index (Phi) is 4.94. The summed E-state index contributed by atoms with van der Waals surface area (Å²) in [6.45, 7) is 0. The monoisotopic (exact) mass is 306 g/mol. The van der Waals surface area contributed by atoms with Crippen molar-refractivity contribution in [3.63, 3.8) is 0 Å². The predicted molar refractivity (Wildman–Crippen MR) is 73.1 cm³/mol. The second kappa shape index (κ2) is 6.33. The van der Waals surface area contributed by atoms with Gasteiger partial charge in [0.25, 0.3) is 0 Å². The molecule has 112 valence electrons. The lowest BCUT2D eigenvalue weighted by atomic mass is 9.80. The molecule has 0 radical (unpaired) electrons. The summed E-state index contributed by atoms with van der Waals surface area (Å²) >= 11 is 5.99.